The van der Waals surface area contributed by atoms with Crippen LogP contribution in [-0.4, -0.2) is 230 Å². The summed E-state index contributed by atoms with van der Waals surface area (Å²) in [6.45, 7) is 14.7. The molecule has 5 aliphatic heterocycles. The largest absolute Gasteiger partial charge is 0.396 e. The second-order valence-corrected chi connectivity index (χ2v) is 26.8. The van der Waals surface area contributed by atoms with Gasteiger partial charge in [0.05, 0.1) is 45.2 Å². The maximum Gasteiger partial charge on any atom is 0.187 e. The van der Waals surface area contributed by atoms with E-state index in [4.69, 9.17) is 47.4 Å². The first-order chi connectivity index (χ1) is 36.8. The fraction of sp³-hybridized carbons (Fsp3) is 0.964. The van der Waals surface area contributed by atoms with Crippen LogP contribution in [0.5, 0.6) is 0 Å². The van der Waals surface area contributed by atoms with Crippen LogP contribution in [0.1, 0.15) is 119 Å². The van der Waals surface area contributed by atoms with Crippen molar-refractivity contribution in [3.05, 3.63) is 11.6 Å². The molecule has 29 atom stereocenters. The predicted molar refractivity (Wildman–Crippen MR) is 270 cm³/mol. The van der Waals surface area contributed by atoms with Crippen molar-refractivity contribution in [1.82, 2.24) is 0 Å². The van der Waals surface area contributed by atoms with Gasteiger partial charge in [0.15, 0.2) is 31.5 Å². The molecule has 78 heavy (non-hydrogen) atoms. The molecule has 0 aromatic carbocycles. The highest BCUT2D eigenvalue weighted by atomic mass is 16.8. The molecule has 12 N–H and O–H groups in total. The molecule has 22 nitrogen and oxygen atoms in total. The zero-order valence-corrected chi connectivity index (χ0v) is 46.4. The van der Waals surface area contributed by atoms with Gasteiger partial charge >= 0.3 is 0 Å². The van der Waals surface area contributed by atoms with Gasteiger partial charge in [0, 0.05) is 12.0 Å². The zero-order chi connectivity index (χ0) is 56.2. The number of hydrogen-bond donors (Lipinski definition) is 12. The maximum absolute atomic E-state index is 12.4. The van der Waals surface area contributed by atoms with E-state index in [1.54, 1.807) is 0 Å². The van der Waals surface area contributed by atoms with Gasteiger partial charge in [-0.25, -0.2) is 0 Å². The number of allylic oxidation sites excluding steroid dienone is 2. The molecule has 0 amide bonds. The molecule has 9 fully saturated rings. The maximum atomic E-state index is 12.4. The van der Waals surface area contributed by atoms with E-state index in [0.717, 1.165) is 64.2 Å². The molecule has 10 aliphatic rings. The van der Waals surface area contributed by atoms with Crippen LogP contribution >= 0.6 is 0 Å². The second-order valence-electron chi connectivity index (χ2n) is 26.8. The molecule has 5 unspecified atom stereocenters. The third-order valence-corrected chi connectivity index (χ3v) is 22.1. The molecule has 5 heterocycles. The van der Waals surface area contributed by atoms with Gasteiger partial charge in [0.1, 0.15) is 85.5 Å². The van der Waals surface area contributed by atoms with Crippen LogP contribution in [0, 0.1) is 50.2 Å². The Balaban J connectivity index is 0.909. The lowest BCUT2D eigenvalue weighted by Gasteiger charge is -2.73. The molecule has 448 valence electrons. The SMILES string of the molecule is CCCC1OC[C@]23CC[C@](C)(CO)CC2C2=CCC4[C@@]5(C)CC[C@H](O[C@@H]6OC[C@H](O[C@@H]7O[C@H](CO)[C@@H](O)[C@H](O)[C@H]7O[C@@H]7OC[C@@H](O)[C@H](O)[C@H]7O)[C@H](O)[C@H]6O[C@@H]6O[C@H](CO)[C@@H](O)[C@H](O)[C@H]6O)C(C)(C)C5CC[C@@]4(C)C2(C)C[C@@H]3O1. The van der Waals surface area contributed by atoms with Gasteiger partial charge in [0.25, 0.3) is 0 Å². The van der Waals surface area contributed by atoms with E-state index in [9.17, 15) is 61.3 Å². The van der Waals surface area contributed by atoms with Crippen molar-refractivity contribution in [2.75, 3.05) is 39.6 Å². The summed E-state index contributed by atoms with van der Waals surface area (Å²) in [6.07, 6.45) is -18.1. The standard InChI is InChI=1S/C56H92O22/c1-8-9-36-71-25-56-17-16-52(4,24-59)18-27(56)26-10-11-33-53(5)14-13-34(51(2,3)32(53)12-15-54(33,6)55(26,7)19-35(56)75-36)76-49-45(78-48-44(68)41(65)38(62)29(20-57)72-48)40(64)31(23-70-49)74-50-46(42(66)39(63)30(21-58)73-50)77-47-43(67)37(61)28(60)22-69-47/h10,27-50,57-68H,8-9,11-25H2,1-7H3/t27?,28-,29-,30-,31+,32?,33?,34+,35+,36?,37+,38-,39-,40+,41+,42+,43-,44-,45-,46-,47+,48+,49+,50+,52+,53+,54-,55?,56-/m1/s1. The summed E-state index contributed by atoms with van der Waals surface area (Å²) in [5.74, 6) is 0.697. The van der Waals surface area contributed by atoms with Crippen LogP contribution in [-0.2, 0) is 47.4 Å². The van der Waals surface area contributed by atoms with Gasteiger partial charge in [-0.05, 0) is 109 Å². The molecule has 5 saturated heterocycles. The van der Waals surface area contributed by atoms with Gasteiger partial charge in [0.2, 0.25) is 0 Å². The van der Waals surface area contributed by atoms with Crippen LogP contribution in [0.2, 0.25) is 0 Å². The summed E-state index contributed by atoms with van der Waals surface area (Å²) in [5, 5.41) is 129. The fourth-order valence-corrected chi connectivity index (χ4v) is 17.1. The number of fused-ring (bicyclic) bond motifs is 6. The third-order valence-electron chi connectivity index (χ3n) is 22.1. The predicted octanol–water partition coefficient (Wildman–Crippen LogP) is -0.152. The van der Waals surface area contributed by atoms with E-state index < -0.39 is 149 Å². The summed E-state index contributed by atoms with van der Waals surface area (Å²) in [7, 11) is 0. The van der Waals surface area contributed by atoms with Gasteiger partial charge in [-0.15, -0.1) is 0 Å². The molecule has 4 saturated carbocycles. The third kappa shape index (κ3) is 9.83. The molecule has 0 radical (unpaired) electrons. The molecule has 0 bridgehead atoms. The smallest absolute Gasteiger partial charge is 0.187 e. The second kappa shape index (κ2) is 22.4. The molecule has 10 rings (SSSR count). The Labute approximate surface area is 457 Å². The van der Waals surface area contributed by atoms with Gasteiger partial charge in [-0.1, -0.05) is 66.5 Å². The van der Waals surface area contributed by atoms with Crippen molar-refractivity contribution in [2.24, 2.45) is 50.2 Å². The molecule has 0 aromatic heterocycles. The number of hydrogen-bond acceptors (Lipinski definition) is 22. The number of aliphatic hydroxyl groups is 12. The monoisotopic (exact) mass is 1120 g/mol. The van der Waals surface area contributed by atoms with Crippen molar-refractivity contribution in [3.8, 4) is 0 Å². The first-order valence-electron chi connectivity index (χ1n) is 28.9. The van der Waals surface area contributed by atoms with E-state index >= 15 is 0 Å². The first kappa shape index (κ1) is 60.0. The lowest BCUT2D eigenvalue weighted by Crippen LogP contribution is -2.69. The Hall–Kier alpha value is -1.14. The Morgan fingerprint density at radius 1 is 0.590 bits per heavy atom. The minimum absolute atomic E-state index is 0.0340. The van der Waals surface area contributed by atoms with Crippen molar-refractivity contribution >= 4 is 0 Å². The highest BCUT2D eigenvalue weighted by Crippen LogP contribution is 2.76. The number of rotatable bonds is 13. The van der Waals surface area contributed by atoms with E-state index in [0.29, 0.717) is 18.9 Å². The van der Waals surface area contributed by atoms with Crippen LogP contribution < -0.4 is 0 Å². The minimum atomic E-state index is -1.88. The average molecular weight is 1120 g/mol. The van der Waals surface area contributed by atoms with Crippen molar-refractivity contribution < 1.29 is 109 Å². The quantitative estimate of drug-likeness (QED) is 0.0843. The van der Waals surface area contributed by atoms with E-state index in [1.807, 2.05) is 0 Å². The summed E-state index contributed by atoms with van der Waals surface area (Å²) >= 11 is 0. The summed E-state index contributed by atoms with van der Waals surface area (Å²) in [4.78, 5) is 0. The topological polar surface area (TPSA) is 335 Å². The lowest BCUT2D eigenvalue weighted by atomic mass is 9.33. The normalized spacial score (nSPS) is 55.1. The van der Waals surface area contributed by atoms with Crippen molar-refractivity contribution in [1.29, 1.82) is 0 Å². The van der Waals surface area contributed by atoms with Crippen LogP contribution in [0.15, 0.2) is 11.6 Å². The summed E-state index contributed by atoms with van der Waals surface area (Å²) in [5.41, 5.74) is 0.293. The Bertz CT molecular complexity index is 2100. The van der Waals surface area contributed by atoms with Crippen LogP contribution in [0.4, 0.5) is 0 Å². The molecular formula is C56H92O22. The Morgan fingerprint density at radius 2 is 1.24 bits per heavy atom. The molecular weight excluding hydrogens is 1020 g/mol. The fourth-order valence-electron chi connectivity index (χ4n) is 17.1. The number of aliphatic hydroxyl groups excluding tert-OH is 12. The van der Waals surface area contributed by atoms with E-state index in [1.165, 1.54) is 5.57 Å². The van der Waals surface area contributed by atoms with Gasteiger partial charge in [-0.2, -0.15) is 0 Å². The minimum Gasteiger partial charge on any atom is -0.396 e. The molecule has 5 aliphatic carbocycles. The Kier molecular flexibility index (Phi) is 17.2. The lowest BCUT2D eigenvalue weighted by molar-refractivity contribution is -0.392. The van der Waals surface area contributed by atoms with Gasteiger partial charge < -0.3 is 109 Å². The first-order valence-corrected chi connectivity index (χ1v) is 28.9. The molecule has 0 aromatic rings. The van der Waals surface area contributed by atoms with Gasteiger partial charge in [-0.3, -0.25) is 0 Å². The molecule has 22 heteroatoms. The summed E-state index contributed by atoms with van der Waals surface area (Å²) < 4.78 is 62.6. The highest BCUT2D eigenvalue weighted by molar-refractivity contribution is 5.35. The number of ether oxygens (including phenoxy) is 10. The van der Waals surface area contributed by atoms with E-state index in [2.05, 4.69) is 54.5 Å². The van der Waals surface area contributed by atoms with Crippen LogP contribution in [0.3, 0.4) is 0 Å². The zero-order valence-electron chi connectivity index (χ0n) is 46.4. The Morgan fingerprint density at radius 3 is 1.94 bits per heavy atom. The van der Waals surface area contributed by atoms with Crippen molar-refractivity contribution in [2.45, 2.75) is 248 Å². The average Bonchev–Trinajstić information content (AvgIpc) is 3.41. The highest BCUT2D eigenvalue weighted by Gasteiger charge is 2.71. The van der Waals surface area contributed by atoms with E-state index in [-0.39, 0.29) is 57.9 Å². The summed E-state index contributed by atoms with van der Waals surface area (Å²) in [6, 6.07) is 0. The van der Waals surface area contributed by atoms with Crippen LogP contribution in [0.25, 0.3) is 0 Å². The molecule has 1 spiro atoms. The van der Waals surface area contributed by atoms with Crippen molar-refractivity contribution in [3.63, 3.8) is 0 Å².